The molecule has 1 aromatic carbocycles. The van der Waals surface area contributed by atoms with Gasteiger partial charge in [-0.3, -0.25) is 0 Å². The van der Waals surface area contributed by atoms with Crippen LogP contribution in [0.2, 0.25) is 12.1 Å². The highest BCUT2D eigenvalue weighted by atomic mass is 79.9. The third kappa shape index (κ3) is 2.27. The van der Waals surface area contributed by atoms with E-state index >= 15 is 0 Å². The van der Waals surface area contributed by atoms with Crippen molar-refractivity contribution in [1.82, 2.24) is 0 Å². The molecule has 0 fully saturated rings. The normalized spacial score (nSPS) is 11.7. The predicted molar refractivity (Wildman–Crippen MR) is 67.5 cm³/mol. The summed E-state index contributed by atoms with van der Waals surface area (Å²) in [6, 6.07) is 10.9. The first kappa shape index (κ1) is 11.9. The van der Waals surface area contributed by atoms with Crippen molar-refractivity contribution in [2.45, 2.75) is 25.9 Å². The number of hydrogen-bond donors (Lipinski definition) is 0. The minimum Gasteiger partial charge on any atom is -0.416 e. The van der Waals surface area contributed by atoms with Crippen LogP contribution in [0, 0.1) is 0 Å². The SMILES string of the molecule is CC[Si](CC)(OC)c1ccc(Br)cc1. The maximum Gasteiger partial charge on any atom is 0.223 e. The summed E-state index contributed by atoms with van der Waals surface area (Å²) in [6.45, 7) is 4.45. The van der Waals surface area contributed by atoms with Crippen LogP contribution >= 0.6 is 15.9 Å². The van der Waals surface area contributed by atoms with Crippen LogP contribution in [-0.2, 0) is 4.43 Å². The van der Waals surface area contributed by atoms with Crippen molar-refractivity contribution in [3.8, 4) is 0 Å². The average Bonchev–Trinajstić information content (AvgIpc) is 2.24. The Hall–Kier alpha value is -0.123. The van der Waals surface area contributed by atoms with E-state index in [9.17, 15) is 0 Å². The van der Waals surface area contributed by atoms with Crippen LogP contribution in [0.4, 0.5) is 0 Å². The molecule has 0 saturated carbocycles. The highest BCUT2D eigenvalue weighted by Crippen LogP contribution is 2.17. The molecule has 78 valence electrons. The molecule has 1 nitrogen and oxygen atoms in total. The summed E-state index contributed by atoms with van der Waals surface area (Å²) >= 11 is 3.45. The summed E-state index contributed by atoms with van der Waals surface area (Å²) in [6.07, 6.45) is 0. The number of halogens is 1. The van der Waals surface area contributed by atoms with E-state index in [1.165, 1.54) is 5.19 Å². The fourth-order valence-electron chi connectivity index (χ4n) is 1.82. The zero-order valence-electron chi connectivity index (χ0n) is 9.01. The lowest BCUT2D eigenvalue weighted by Gasteiger charge is -2.27. The van der Waals surface area contributed by atoms with Gasteiger partial charge in [0.15, 0.2) is 0 Å². The molecule has 3 heteroatoms. The predicted octanol–water partition coefficient (Wildman–Crippen LogP) is 3.29. The van der Waals surface area contributed by atoms with Gasteiger partial charge >= 0.3 is 0 Å². The Morgan fingerprint density at radius 1 is 1.14 bits per heavy atom. The van der Waals surface area contributed by atoms with Crippen LogP contribution in [0.15, 0.2) is 28.7 Å². The van der Waals surface area contributed by atoms with Crippen molar-refractivity contribution in [3.63, 3.8) is 0 Å². The lowest BCUT2D eigenvalue weighted by Crippen LogP contribution is -2.48. The molecule has 0 aliphatic heterocycles. The summed E-state index contributed by atoms with van der Waals surface area (Å²) in [4.78, 5) is 0. The van der Waals surface area contributed by atoms with Crippen LogP contribution in [0.3, 0.4) is 0 Å². The third-order valence-electron chi connectivity index (χ3n) is 2.90. The van der Waals surface area contributed by atoms with Gasteiger partial charge in [-0.1, -0.05) is 41.9 Å². The molecule has 0 aliphatic carbocycles. The molecule has 0 unspecified atom stereocenters. The quantitative estimate of drug-likeness (QED) is 0.765. The highest BCUT2D eigenvalue weighted by molar-refractivity contribution is 9.10. The van der Waals surface area contributed by atoms with Crippen LogP contribution in [0.1, 0.15) is 13.8 Å². The van der Waals surface area contributed by atoms with E-state index in [2.05, 4.69) is 54.0 Å². The second-order valence-electron chi connectivity index (χ2n) is 3.41. The first-order valence-corrected chi connectivity index (χ1v) is 8.11. The summed E-state index contributed by atoms with van der Waals surface area (Å²) in [7, 11) is 0.211. The van der Waals surface area contributed by atoms with Crippen molar-refractivity contribution in [2.24, 2.45) is 0 Å². The van der Waals surface area contributed by atoms with E-state index < -0.39 is 8.32 Å². The molecule has 0 bridgehead atoms. The molecular formula is C11H17BrOSi. The van der Waals surface area contributed by atoms with Gasteiger partial charge < -0.3 is 4.43 Å². The van der Waals surface area contributed by atoms with Crippen molar-refractivity contribution in [1.29, 1.82) is 0 Å². The summed E-state index contributed by atoms with van der Waals surface area (Å²) < 4.78 is 6.92. The second kappa shape index (κ2) is 5.10. The van der Waals surface area contributed by atoms with Gasteiger partial charge in [0.2, 0.25) is 8.32 Å². The van der Waals surface area contributed by atoms with E-state index in [1.54, 1.807) is 0 Å². The highest BCUT2D eigenvalue weighted by Gasteiger charge is 2.31. The molecule has 14 heavy (non-hydrogen) atoms. The molecule has 1 rings (SSSR count). The molecule has 1 aromatic rings. The van der Waals surface area contributed by atoms with E-state index in [0.717, 1.165) is 16.6 Å². The Morgan fingerprint density at radius 2 is 1.64 bits per heavy atom. The van der Waals surface area contributed by atoms with E-state index in [1.807, 2.05) is 7.11 Å². The van der Waals surface area contributed by atoms with E-state index in [-0.39, 0.29) is 0 Å². The molecule has 0 aliphatic rings. The van der Waals surface area contributed by atoms with Crippen molar-refractivity contribution >= 4 is 29.4 Å². The Kier molecular flexibility index (Phi) is 4.35. The molecule has 0 radical (unpaired) electrons. The Morgan fingerprint density at radius 3 is 2.00 bits per heavy atom. The second-order valence-corrected chi connectivity index (χ2v) is 8.72. The average molecular weight is 273 g/mol. The van der Waals surface area contributed by atoms with Gasteiger partial charge in [0, 0.05) is 11.6 Å². The molecule has 0 amide bonds. The Labute approximate surface area is 95.7 Å². The monoisotopic (exact) mass is 272 g/mol. The van der Waals surface area contributed by atoms with Crippen LogP contribution < -0.4 is 5.19 Å². The van der Waals surface area contributed by atoms with Gasteiger partial charge in [-0.15, -0.1) is 0 Å². The van der Waals surface area contributed by atoms with Gasteiger partial charge in [0.25, 0.3) is 0 Å². The van der Waals surface area contributed by atoms with Crippen LogP contribution in [-0.4, -0.2) is 15.4 Å². The summed E-state index contributed by atoms with van der Waals surface area (Å²) in [5.41, 5.74) is 0. The van der Waals surface area contributed by atoms with Gasteiger partial charge in [-0.2, -0.15) is 0 Å². The zero-order chi connectivity index (χ0) is 10.6. The smallest absolute Gasteiger partial charge is 0.223 e. The third-order valence-corrected chi connectivity index (χ3v) is 7.88. The number of hydrogen-bond acceptors (Lipinski definition) is 1. The van der Waals surface area contributed by atoms with Gasteiger partial charge in [-0.05, 0) is 29.4 Å². The van der Waals surface area contributed by atoms with Gasteiger partial charge in [0.05, 0.1) is 0 Å². The lowest BCUT2D eigenvalue weighted by molar-refractivity contribution is 0.405. The molecular weight excluding hydrogens is 256 g/mol. The first-order chi connectivity index (χ1) is 6.68. The van der Waals surface area contributed by atoms with Crippen molar-refractivity contribution < 1.29 is 4.43 Å². The van der Waals surface area contributed by atoms with Crippen molar-refractivity contribution in [2.75, 3.05) is 7.11 Å². The molecule has 0 N–H and O–H groups in total. The first-order valence-electron chi connectivity index (χ1n) is 4.99. The molecule has 0 aromatic heterocycles. The Balaban J connectivity index is 3.05. The molecule has 0 saturated heterocycles. The zero-order valence-corrected chi connectivity index (χ0v) is 11.6. The fraction of sp³-hybridized carbons (Fsp3) is 0.455. The Bertz CT molecular complexity index is 272. The van der Waals surface area contributed by atoms with Crippen LogP contribution in [0.5, 0.6) is 0 Å². The topological polar surface area (TPSA) is 9.23 Å². The largest absolute Gasteiger partial charge is 0.416 e. The standard InChI is InChI=1S/C11H17BrOSi/c1-4-14(5-2,13-3)11-8-6-10(12)7-9-11/h6-9H,4-5H2,1-3H3. The van der Waals surface area contributed by atoms with Crippen molar-refractivity contribution in [3.05, 3.63) is 28.7 Å². The lowest BCUT2D eigenvalue weighted by atomic mass is 10.4. The molecule has 0 heterocycles. The van der Waals surface area contributed by atoms with Crippen LogP contribution in [0.25, 0.3) is 0 Å². The van der Waals surface area contributed by atoms with Gasteiger partial charge in [0.1, 0.15) is 0 Å². The fourth-order valence-corrected chi connectivity index (χ4v) is 4.99. The minimum atomic E-state index is -1.64. The number of benzene rings is 1. The minimum absolute atomic E-state index is 1.13. The van der Waals surface area contributed by atoms with E-state index in [4.69, 9.17) is 4.43 Å². The maximum atomic E-state index is 5.79. The summed E-state index contributed by atoms with van der Waals surface area (Å²) in [5.74, 6) is 0. The molecule has 0 atom stereocenters. The molecule has 0 spiro atoms. The van der Waals surface area contributed by atoms with Gasteiger partial charge in [-0.25, -0.2) is 0 Å². The maximum absolute atomic E-state index is 5.79. The summed E-state index contributed by atoms with van der Waals surface area (Å²) in [5, 5.41) is 1.40. The van der Waals surface area contributed by atoms with E-state index in [0.29, 0.717) is 0 Å². The number of rotatable bonds is 4.